The van der Waals surface area contributed by atoms with Crippen LogP contribution in [0.5, 0.6) is 5.75 Å². The van der Waals surface area contributed by atoms with Gasteiger partial charge in [0.2, 0.25) is 0 Å². The standard InChI is InChI=1S/C26H27F6NO5S/c1-15(38-26(2,3)4)22(25(35)36)33-24(34)21-11-7-17-13-18(27)8-12-20(17)23(21)37-14-16-5-9-19(10-6-16)39(28,29,30,31)32/h5-13,15,22H,14H2,1-4H3,(H,33,34)(H,35,36)/t15?,22-/m0/s1. The fourth-order valence-electron chi connectivity index (χ4n) is 3.83. The van der Waals surface area contributed by atoms with Crippen molar-refractivity contribution in [3.63, 3.8) is 0 Å². The van der Waals surface area contributed by atoms with Crippen LogP contribution in [0.15, 0.2) is 59.5 Å². The summed E-state index contributed by atoms with van der Waals surface area (Å²) in [5.74, 6) is -2.94. The van der Waals surface area contributed by atoms with Gasteiger partial charge in [-0.15, -0.1) is 0 Å². The van der Waals surface area contributed by atoms with E-state index in [-0.39, 0.29) is 34.4 Å². The molecule has 1 amide bonds. The van der Waals surface area contributed by atoms with E-state index in [0.29, 0.717) is 5.39 Å². The Balaban J connectivity index is 1.95. The van der Waals surface area contributed by atoms with Crippen LogP contribution in [0.3, 0.4) is 0 Å². The van der Waals surface area contributed by atoms with E-state index >= 15 is 0 Å². The van der Waals surface area contributed by atoms with Crippen LogP contribution in [0.1, 0.15) is 43.6 Å². The zero-order chi connectivity index (χ0) is 29.5. The van der Waals surface area contributed by atoms with Crippen LogP contribution in [-0.4, -0.2) is 34.7 Å². The summed E-state index contributed by atoms with van der Waals surface area (Å²) in [4.78, 5) is 23.0. The molecule has 6 nitrogen and oxygen atoms in total. The molecule has 0 aliphatic carbocycles. The number of rotatable bonds is 9. The molecule has 0 aliphatic heterocycles. The minimum absolute atomic E-state index is 0.0710. The Morgan fingerprint density at radius 3 is 2.13 bits per heavy atom. The molecule has 13 heteroatoms. The zero-order valence-corrected chi connectivity index (χ0v) is 22.1. The Morgan fingerprint density at radius 1 is 0.974 bits per heavy atom. The monoisotopic (exact) mass is 579 g/mol. The molecule has 0 heterocycles. The molecule has 0 saturated carbocycles. The van der Waals surface area contributed by atoms with Crippen molar-refractivity contribution in [3.05, 3.63) is 71.5 Å². The van der Waals surface area contributed by atoms with Crippen LogP contribution in [0.25, 0.3) is 10.8 Å². The van der Waals surface area contributed by atoms with Gasteiger partial charge in [-0.2, -0.15) is 0 Å². The molecule has 0 aliphatic rings. The molecule has 0 fully saturated rings. The normalized spacial score (nSPS) is 15.6. The van der Waals surface area contributed by atoms with Gasteiger partial charge < -0.3 is 19.9 Å². The number of hydrogen-bond acceptors (Lipinski definition) is 4. The molecule has 0 saturated heterocycles. The lowest BCUT2D eigenvalue weighted by molar-refractivity contribution is -0.146. The third kappa shape index (κ3) is 7.79. The van der Waals surface area contributed by atoms with E-state index in [2.05, 4.69) is 5.32 Å². The topological polar surface area (TPSA) is 84.9 Å². The maximum atomic E-state index is 13.8. The fourth-order valence-corrected chi connectivity index (χ4v) is 4.48. The molecule has 0 spiro atoms. The van der Waals surface area contributed by atoms with Crippen molar-refractivity contribution in [1.29, 1.82) is 0 Å². The highest BCUT2D eigenvalue weighted by Crippen LogP contribution is 3.02. The first-order chi connectivity index (χ1) is 17.6. The number of nitrogens with one attached hydrogen (secondary N) is 1. The van der Waals surface area contributed by atoms with Crippen molar-refractivity contribution >= 4 is 32.9 Å². The Kier molecular flexibility index (Phi) is 7.43. The van der Waals surface area contributed by atoms with Gasteiger partial charge >= 0.3 is 16.2 Å². The van der Waals surface area contributed by atoms with Crippen molar-refractivity contribution in [2.75, 3.05) is 0 Å². The molecule has 0 bridgehead atoms. The van der Waals surface area contributed by atoms with E-state index in [0.717, 1.165) is 24.3 Å². The third-order valence-corrected chi connectivity index (χ3v) is 6.65. The van der Waals surface area contributed by atoms with Gasteiger partial charge in [-0.25, -0.2) is 9.18 Å². The summed E-state index contributed by atoms with van der Waals surface area (Å²) in [7, 11) is -9.86. The minimum Gasteiger partial charge on any atom is -0.487 e. The molecule has 3 rings (SSSR count). The highest BCUT2D eigenvalue weighted by atomic mass is 32.5. The highest BCUT2D eigenvalue weighted by Gasteiger charge is 2.65. The predicted molar refractivity (Wildman–Crippen MR) is 135 cm³/mol. The van der Waals surface area contributed by atoms with Crippen molar-refractivity contribution in [3.8, 4) is 5.75 Å². The second kappa shape index (κ2) is 9.63. The second-order valence-electron chi connectivity index (χ2n) is 9.93. The first-order valence-electron chi connectivity index (χ1n) is 11.5. The summed E-state index contributed by atoms with van der Waals surface area (Å²) in [5, 5.41) is 12.6. The van der Waals surface area contributed by atoms with Crippen LogP contribution in [0, 0.1) is 5.82 Å². The smallest absolute Gasteiger partial charge is 0.328 e. The first kappa shape index (κ1) is 30.1. The molecule has 2 atom stereocenters. The van der Waals surface area contributed by atoms with E-state index in [4.69, 9.17) is 9.47 Å². The molecule has 0 aromatic heterocycles. The van der Waals surface area contributed by atoms with Gasteiger partial charge in [0, 0.05) is 5.39 Å². The maximum Gasteiger partial charge on any atom is 0.328 e. The molecule has 214 valence electrons. The number of fused-ring (bicyclic) bond motifs is 1. The molecular weight excluding hydrogens is 552 g/mol. The average Bonchev–Trinajstić information content (AvgIpc) is 2.77. The fraction of sp³-hybridized carbons (Fsp3) is 0.308. The third-order valence-electron chi connectivity index (χ3n) is 5.49. The number of carboxylic acid groups (broad SMARTS) is 1. The second-order valence-corrected chi connectivity index (χ2v) is 12.3. The molecule has 39 heavy (non-hydrogen) atoms. The summed E-state index contributed by atoms with van der Waals surface area (Å²) in [6.45, 7) is 6.16. The van der Waals surface area contributed by atoms with E-state index in [1.807, 2.05) is 0 Å². The number of amides is 1. The van der Waals surface area contributed by atoms with Gasteiger partial charge in [0.1, 0.15) is 23.1 Å². The number of aliphatic carboxylic acids is 1. The molecular formula is C26H27F6NO5S. The molecule has 1 unspecified atom stereocenters. The highest BCUT2D eigenvalue weighted by molar-refractivity contribution is 8.45. The van der Waals surface area contributed by atoms with Crippen molar-refractivity contribution < 1.29 is 48.0 Å². The van der Waals surface area contributed by atoms with Gasteiger partial charge in [0.05, 0.1) is 17.3 Å². The van der Waals surface area contributed by atoms with Crippen molar-refractivity contribution in [2.24, 2.45) is 0 Å². The summed E-state index contributed by atoms with van der Waals surface area (Å²) < 4.78 is 90.4. The zero-order valence-electron chi connectivity index (χ0n) is 21.3. The van der Waals surface area contributed by atoms with Gasteiger partial charge in [0.25, 0.3) is 5.91 Å². The van der Waals surface area contributed by atoms with Crippen molar-refractivity contribution in [1.82, 2.24) is 5.32 Å². The predicted octanol–water partition coefficient (Wildman–Crippen LogP) is 7.60. The molecule has 3 aromatic carbocycles. The summed E-state index contributed by atoms with van der Waals surface area (Å²) >= 11 is 0. The average molecular weight is 580 g/mol. The summed E-state index contributed by atoms with van der Waals surface area (Å²) in [5.41, 5.74) is -0.791. The van der Waals surface area contributed by atoms with Crippen LogP contribution in [-0.2, 0) is 16.1 Å². The molecule has 0 radical (unpaired) electrons. The number of halogens is 6. The number of hydrogen-bond donors (Lipinski definition) is 2. The van der Waals surface area contributed by atoms with E-state index in [1.165, 1.54) is 25.1 Å². The molecule has 3 aromatic rings. The van der Waals surface area contributed by atoms with Crippen LogP contribution >= 0.6 is 10.2 Å². The van der Waals surface area contributed by atoms with E-state index in [1.54, 1.807) is 20.8 Å². The van der Waals surface area contributed by atoms with E-state index in [9.17, 15) is 38.5 Å². The lowest BCUT2D eigenvalue weighted by Crippen LogP contribution is -2.50. The lowest BCUT2D eigenvalue weighted by atomic mass is 10.0. The first-order valence-corrected chi connectivity index (χ1v) is 13.5. The van der Waals surface area contributed by atoms with Crippen LogP contribution < -0.4 is 10.1 Å². The Morgan fingerprint density at radius 2 is 1.59 bits per heavy atom. The number of ether oxygens (including phenoxy) is 2. The Labute approximate surface area is 220 Å². The van der Waals surface area contributed by atoms with Gasteiger partial charge in [0.15, 0.2) is 6.04 Å². The van der Waals surface area contributed by atoms with Gasteiger partial charge in [-0.3, -0.25) is 4.79 Å². The Bertz CT molecular complexity index is 1410. The quantitative estimate of drug-likeness (QED) is 0.255. The van der Waals surface area contributed by atoms with Crippen LogP contribution in [0.2, 0.25) is 0 Å². The summed E-state index contributed by atoms with van der Waals surface area (Å²) in [6.07, 6.45) is -0.946. The molecule has 2 N–H and O–H groups in total. The maximum absolute atomic E-state index is 13.8. The summed E-state index contributed by atoms with van der Waals surface area (Å²) in [6, 6.07) is 6.88. The largest absolute Gasteiger partial charge is 0.487 e. The minimum atomic E-state index is -9.86. The van der Waals surface area contributed by atoms with Crippen molar-refractivity contribution in [2.45, 2.75) is 56.9 Å². The SMILES string of the molecule is CC(OC(C)(C)C)[C@H](NC(=O)c1ccc2cc(F)ccc2c1OCc1ccc(S(F)(F)(F)(F)F)cc1)C(=O)O. The van der Waals surface area contributed by atoms with E-state index < -0.39 is 57.2 Å². The van der Waals surface area contributed by atoms with Crippen LogP contribution in [0.4, 0.5) is 23.8 Å². The van der Waals surface area contributed by atoms with Gasteiger partial charge in [-0.1, -0.05) is 37.6 Å². The number of carbonyl (C=O) groups is 2. The number of carbonyl (C=O) groups excluding carboxylic acids is 1. The number of benzene rings is 3. The van der Waals surface area contributed by atoms with Gasteiger partial charge in [-0.05, 0) is 75.0 Å². The lowest BCUT2D eigenvalue weighted by Gasteiger charge is -2.40. The Hall–Kier alpha value is -3.45. The number of carboxylic acids is 1.